The third kappa shape index (κ3) is 6.10. The van der Waals surface area contributed by atoms with Crippen LogP contribution in [0.25, 0.3) is 0 Å². The van der Waals surface area contributed by atoms with Gasteiger partial charge in [0.1, 0.15) is 24.3 Å². The number of nitrogens with one attached hydrogen (secondary N) is 3. The fourth-order valence-electron chi connectivity index (χ4n) is 1.96. The molecular formula is C16H21ClN4O3. The predicted molar refractivity (Wildman–Crippen MR) is 91.4 cm³/mol. The van der Waals surface area contributed by atoms with Crippen LogP contribution in [0.5, 0.6) is 5.75 Å². The largest absolute Gasteiger partial charge is 0.491 e. The Hall–Kier alpha value is -2.25. The summed E-state index contributed by atoms with van der Waals surface area (Å²) in [7, 11) is 0. The van der Waals surface area contributed by atoms with Crippen molar-refractivity contribution in [2.24, 2.45) is 0 Å². The Labute approximate surface area is 145 Å². The van der Waals surface area contributed by atoms with Crippen molar-refractivity contribution in [3.63, 3.8) is 0 Å². The molecule has 4 N–H and O–H groups in total. The molecule has 1 unspecified atom stereocenters. The summed E-state index contributed by atoms with van der Waals surface area (Å²) in [4.78, 5) is 18.6. The molecule has 0 radical (unpaired) electrons. The lowest BCUT2D eigenvalue weighted by Crippen LogP contribution is -2.42. The number of aryl methyl sites for hydroxylation is 1. The number of rotatable bonds is 8. The number of urea groups is 1. The second kappa shape index (κ2) is 9.14. The van der Waals surface area contributed by atoms with E-state index in [-0.39, 0.29) is 19.2 Å². The number of benzene rings is 1. The average Bonchev–Trinajstić information content (AvgIpc) is 3.07. The molecule has 0 bridgehead atoms. The van der Waals surface area contributed by atoms with Crippen molar-refractivity contribution in [3.8, 4) is 5.75 Å². The molecule has 24 heavy (non-hydrogen) atoms. The first-order valence-corrected chi connectivity index (χ1v) is 7.99. The van der Waals surface area contributed by atoms with E-state index in [9.17, 15) is 9.90 Å². The molecular weight excluding hydrogens is 332 g/mol. The first kappa shape index (κ1) is 18.1. The smallest absolute Gasteiger partial charge is 0.314 e. The van der Waals surface area contributed by atoms with Crippen molar-refractivity contribution in [2.75, 3.05) is 19.7 Å². The van der Waals surface area contributed by atoms with Gasteiger partial charge < -0.3 is 25.5 Å². The fraction of sp³-hybridized carbons (Fsp3) is 0.375. The summed E-state index contributed by atoms with van der Waals surface area (Å²) in [5, 5.41) is 15.8. The second-order valence-corrected chi connectivity index (χ2v) is 5.71. The molecule has 7 nitrogen and oxygen atoms in total. The number of hydrogen-bond donors (Lipinski definition) is 4. The number of aromatic amines is 1. The Morgan fingerprint density at radius 1 is 1.46 bits per heavy atom. The highest BCUT2D eigenvalue weighted by Crippen LogP contribution is 2.20. The standard InChI is InChI=1S/C16H21ClN4O3/c1-11-8-13(2-3-14(11)17)24-10-12(22)9-21-16(23)20-5-4-15-18-6-7-19-15/h2-3,6-8,12,22H,4-5,9-10H2,1H3,(H,18,19)(H2,20,21,23). The van der Waals surface area contributed by atoms with E-state index in [2.05, 4.69) is 20.6 Å². The van der Waals surface area contributed by atoms with E-state index in [1.807, 2.05) is 6.92 Å². The first-order valence-electron chi connectivity index (χ1n) is 7.61. The highest BCUT2D eigenvalue weighted by Gasteiger charge is 2.08. The van der Waals surface area contributed by atoms with Crippen LogP contribution >= 0.6 is 11.6 Å². The monoisotopic (exact) mass is 352 g/mol. The minimum atomic E-state index is -0.809. The van der Waals surface area contributed by atoms with Crippen molar-refractivity contribution in [1.82, 2.24) is 20.6 Å². The van der Waals surface area contributed by atoms with Gasteiger partial charge in [0.15, 0.2) is 0 Å². The molecule has 8 heteroatoms. The molecule has 1 aromatic heterocycles. The number of nitrogens with zero attached hydrogens (tertiary/aromatic N) is 1. The van der Waals surface area contributed by atoms with E-state index in [4.69, 9.17) is 16.3 Å². The third-order valence-corrected chi connectivity index (χ3v) is 3.70. The Kier molecular flexibility index (Phi) is 6.89. The zero-order valence-corrected chi connectivity index (χ0v) is 14.1. The Morgan fingerprint density at radius 2 is 2.29 bits per heavy atom. The van der Waals surface area contributed by atoms with Crippen LogP contribution in [0.15, 0.2) is 30.6 Å². The number of hydrogen-bond acceptors (Lipinski definition) is 4. The predicted octanol–water partition coefficient (Wildman–Crippen LogP) is 1.65. The van der Waals surface area contributed by atoms with Crippen molar-refractivity contribution in [2.45, 2.75) is 19.4 Å². The summed E-state index contributed by atoms with van der Waals surface area (Å²) in [6.07, 6.45) is 3.20. The van der Waals surface area contributed by atoms with Crippen LogP contribution in [0.1, 0.15) is 11.4 Å². The number of H-pyrrole nitrogens is 1. The molecule has 0 fully saturated rings. The number of carbonyl (C=O) groups excluding carboxylic acids is 1. The molecule has 1 aromatic carbocycles. The lowest BCUT2D eigenvalue weighted by Gasteiger charge is -2.14. The lowest BCUT2D eigenvalue weighted by atomic mass is 10.2. The number of aliphatic hydroxyl groups is 1. The van der Waals surface area contributed by atoms with Crippen molar-refractivity contribution < 1.29 is 14.6 Å². The van der Waals surface area contributed by atoms with E-state index in [0.717, 1.165) is 11.4 Å². The van der Waals surface area contributed by atoms with E-state index in [1.165, 1.54) is 0 Å². The molecule has 0 saturated heterocycles. The molecule has 0 saturated carbocycles. The minimum Gasteiger partial charge on any atom is -0.491 e. The van der Waals surface area contributed by atoms with Crippen LogP contribution in [0.3, 0.4) is 0 Å². The van der Waals surface area contributed by atoms with E-state index < -0.39 is 6.10 Å². The van der Waals surface area contributed by atoms with Gasteiger partial charge in [-0.05, 0) is 30.7 Å². The average molecular weight is 353 g/mol. The number of carbonyl (C=O) groups is 1. The van der Waals surface area contributed by atoms with Gasteiger partial charge in [0.25, 0.3) is 0 Å². The molecule has 2 aromatic rings. The van der Waals surface area contributed by atoms with Crippen molar-refractivity contribution in [3.05, 3.63) is 47.0 Å². The number of ether oxygens (including phenoxy) is 1. The summed E-state index contributed by atoms with van der Waals surface area (Å²) >= 11 is 5.94. The van der Waals surface area contributed by atoms with Gasteiger partial charge in [-0.15, -0.1) is 0 Å². The van der Waals surface area contributed by atoms with Gasteiger partial charge in [0.2, 0.25) is 0 Å². The first-order chi connectivity index (χ1) is 11.5. The van der Waals surface area contributed by atoms with E-state index in [0.29, 0.717) is 23.7 Å². The number of halogens is 1. The molecule has 0 aliphatic carbocycles. The molecule has 1 atom stereocenters. The zero-order valence-electron chi connectivity index (χ0n) is 13.4. The van der Waals surface area contributed by atoms with Gasteiger partial charge >= 0.3 is 6.03 Å². The van der Waals surface area contributed by atoms with Gasteiger partial charge in [0.05, 0.1) is 0 Å². The Morgan fingerprint density at radius 3 is 3.00 bits per heavy atom. The SMILES string of the molecule is Cc1cc(OCC(O)CNC(=O)NCCc2ncc[nH]2)ccc1Cl. The quantitative estimate of drug-likeness (QED) is 0.580. The normalized spacial score (nSPS) is 11.8. The number of imidazole rings is 1. The van der Waals surface area contributed by atoms with Gasteiger partial charge in [-0.2, -0.15) is 0 Å². The van der Waals surface area contributed by atoms with Crippen LogP contribution in [0, 0.1) is 6.92 Å². The van der Waals surface area contributed by atoms with Crippen LogP contribution in [0.4, 0.5) is 4.79 Å². The van der Waals surface area contributed by atoms with Gasteiger partial charge in [-0.3, -0.25) is 0 Å². The lowest BCUT2D eigenvalue weighted by molar-refractivity contribution is 0.108. The summed E-state index contributed by atoms with van der Waals surface area (Å²) in [6, 6.07) is 4.92. The van der Waals surface area contributed by atoms with E-state index in [1.54, 1.807) is 30.6 Å². The highest BCUT2D eigenvalue weighted by molar-refractivity contribution is 6.31. The topological polar surface area (TPSA) is 99.3 Å². The molecule has 0 aliphatic rings. The Balaban J connectivity index is 1.60. The maximum Gasteiger partial charge on any atom is 0.314 e. The van der Waals surface area contributed by atoms with Crippen LogP contribution in [-0.2, 0) is 6.42 Å². The minimum absolute atomic E-state index is 0.0771. The maximum absolute atomic E-state index is 11.6. The Bertz CT molecular complexity index is 649. The second-order valence-electron chi connectivity index (χ2n) is 5.30. The van der Waals surface area contributed by atoms with Crippen LogP contribution < -0.4 is 15.4 Å². The summed E-state index contributed by atoms with van der Waals surface area (Å²) in [5.41, 5.74) is 0.901. The number of amides is 2. The van der Waals surface area contributed by atoms with Gasteiger partial charge in [-0.1, -0.05) is 11.6 Å². The van der Waals surface area contributed by atoms with Gasteiger partial charge in [-0.25, -0.2) is 9.78 Å². The number of aliphatic hydroxyl groups excluding tert-OH is 1. The maximum atomic E-state index is 11.6. The molecule has 0 spiro atoms. The van der Waals surface area contributed by atoms with Crippen LogP contribution in [0.2, 0.25) is 5.02 Å². The molecule has 2 amide bonds. The fourth-order valence-corrected chi connectivity index (χ4v) is 2.08. The summed E-state index contributed by atoms with van der Waals surface area (Å²) in [5.74, 6) is 1.43. The highest BCUT2D eigenvalue weighted by atomic mass is 35.5. The van der Waals surface area contributed by atoms with Crippen LogP contribution in [-0.4, -0.2) is 46.9 Å². The molecule has 0 aliphatic heterocycles. The zero-order chi connectivity index (χ0) is 17.4. The third-order valence-electron chi connectivity index (χ3n) is 3.27. The molecule has 2 rings (SSSR count). The molecule has 130 valence electrons. The number of aromatic nitrogens is 2. The summed E-state index contributed by atoms with van der Waals surface area (Å²) in [6.45, 7) is 2.50. The summed E-state index contributed by atoms with van der Waals surface area (Å²) < 4.78 is 5.47. The van der Waals surface area contributed by atoms with Crippen molar-refractivity contribution in [1.29, 1.82) is 0 Å². The van der Waals surface area contributed by atoms with E-state index >= 15 is 0 Å². The molecule has 1 heterocycles. The van der Waals surface area contributed by atoms with Crippen molar-refractivity contribution >= 4 is 17.6 Å². The van der Waals surface area contributed by atoms with Gasteiger partial charge in [0, 0.05) is 36.9 Å².